The van der Waals surface area contributed by atoms with Crippen molar-refractivity contribution in [2.45, 2.75) is 6.92 Å². The Morgan fingerprint density at radius 2 is 2.17 bits per heavy atom. The molecule has 7 heteroatoms. The molecule has 5 nitrogen and oxygen atoms in total. The molecule has 0 bridgehead atoms. The van der Waals surface area contributed by atoms with Gasteiger partial charge in [0.05, 0.1) is 6.21 Å². The van der Waals surface area contributed by atoms with Gasteiger partial charge in [-0.05, 0) is 48.9 Å². The maximum absolute atomic E-state index is 11.7. The maximum atomic E-state index is 11.7. The van der Waals surface area contributed by atoms with Crippen LogP contribution in [0.15, 0.2) is 46.0 Å². The highest BCUT2D eigenvalue weighted by Gasteiger charge is 2.05. The Morgan fingerprint density at radius 1 is 1.39 bits per heavy atom. The number of amides is 1. The Labute approximate surface area is 147 Å². The molecule has 0 spiro atoms. The van der Waals surface area contributed by atoms with Crippen molar-refractivity contribution in [3.8, 4) is 11.5 Å². The summed E-state index contributed by atoms with van der Waals surface area (Å²) in [6.07, 6.45) is 1.35. The van der Waals surface area contributed by atoms with Crippen LogP contribution in [-0.2, 0) is 4.79 Å². The number of ether oxygens (including phenoxy) is 1. The number of phenols is 1. The first-order valence-corrected chi connectivity index (χ1v) is 7.82. The summed E-state index contributed by atoms with van der Waals surface area (Å²) in [6.45, 7) is 1.66. The Morgan fingerprint density at radius 3 is 2.91 bits per heavy atom. The summed E-state index contributed by atoms with van der Waals surface area (Å²) in [5.41, 5.74) is 3.65. The van der Waals surface area contributed by atoms with Crippen molar-refractivity contribution in [1.29, 1.82) is 0 Å². The summed E-state index contributed by atoms with van der Waals surface area (Å²) in [5.74, 6) is 0.238. The molecule has 0 radical (unpaired) electrons. The van der Waals surface area contributed by atoms with Crippen LogP contribution in [0.1, 0.15) is 11.1 Å². The van der Waals surface area contributed by atoms with Crippen LogP contribution in [0.2, 0.25) is 5.02 Å². The van der Waals surface area contributed by atoms with Gasteiger partial charge < -0.3 is 9.84 Å². The van der Waals surface area contributed by atoms with E-state index in [4.69, 9.17) is 16.3 Å². The van der Waals surface area contributed by atoms with Gasteiger partial charge in [-0.2, -0.15) is 5.10 Å². The largest absolute Gasteiger partial charge is 0.507 e. The van der Waals surface area contributed by atoms with E-state index in [1.807, 2.05) is 6.92 Å². The number of carbonyl (C=O) groups is 1. The quantitative estimate of drug-likeness (QED) is 0.598. The van der Waals surface area contributed by atoms with Crippen LogP contribution in [0.25, 0.3) is 0 Å². The van der Waals surface area contributed by atoms with E-state index in [0.717, 1.165) is 10.0 Å². The number of carbonyl (C=O) groups excluding carboxylic acids is 1. The van der Waals surface area contributed by atoms with E-state index in [2.05, 4.69) is 26.5 Å². The molecule has 2 aromatic rings. The van der Waals surface area contributed by atoms with Crippen molar-refractivity contribution >= 4 is 39.7 Å². The van der Waals surface area contributed by atoms with E-state index in [1.165, 1.54) is 12.3 Å². The third-order valence-corrected chi connectivity index (χ3v) is 3.61. The van der Waals surface area contributed by atoms with E-state index in [0.29, 0.717) is 16.3 Å². The molecular formula is C16H14BrClN2O3. The molecule has 0 unspecified atom stereocenters. The molecule has 120 valence electrons. The number of halogens is 2. The SMILES string of the molecule is Cc1cc(Cl)ccc1OCC(=O)N/N=C/c1cc(Br)ccc1O. The van der Waals surface area contributed by atoms with Crippen molar-refractivity contribution < 1.29 is 14.6 Å². The topological polar surface area (TPSA) is 70.9 Å². The summed E-state index contributed by atoms with van der Waals surface area (Å²) in [7, 11) is 0. The van der Waals surface area contributed by atoms with E-state index in [9.17, 15) is 9.90 Å². The minimum Gasteiger partial charge on any atom is -0.507 e. The number of hydrazone groups is 1. The molecule has 2 rings (SSSR count). The van der Waals surface area contributed by atoms with Crippen LogP contribution in [0, 0.1) is 6.92 Å². The van der Waals surface area contributed by atoms with Gasteiger partial charge in [0.2, 0.25) is 0 Å². The van der Waals surface area contributed by atoms with Crippen molar-refractivity contribution in [1.82, 2.24) is 5.43 Å². The standard InChI is InChI=1S/C16H14BrClN2O3/c1-10-6-13(18)3-5-15(10)23-9-16(22)20-19-8-11-7-12(17)2-4-14(11)21/h2-8,21H,9H2,1H3,(H,20,22)/b19-8+. The van der Waals surface area contributed by atoms with Gasteiger partial charge in [-0.1, -0.05) is 27.5 Å². The summed E-state index contributed by atoms with van der Waals surface area (Å²) in [4.78, 5) is 11.7. The fourth-order valence-corrected chi connectivity index (χ4v) is 2.36. The number of nitrogens with one attached hydrogen (secondary N) is 1. The van der Waals surface area contributed by atoms with E-state index < -0.39 is 5.91 Å². The lowest BCUT2D eigenvalue weighted by molar-refractivity contribution is -0.123. The molecule has 0 saturated heterocycles. The average Bonchev–Trinajstić information content (AvgIpc) is 2.50. The van der Waals surface area contributed by atoms with Crippen LogP contribution in [0.5, 0.6) is 11.5 Å². The van der Waals surface area contributed by atoms with Gasteiger partial charge >= 0.3 is 0 Å². The van der Waals surface area contributed by atoms with Gasteiger partial charge in [0, 0.05) is 15.1 Å². The number of hydrogen-bond acceptors (Lipinski definition) is 4. The molecule has 0 aliphatic rings. The summed E-state index contributed by atoms with van der Waals surface area (Å²) in [5, 5.41) is 14.0. The van der Waals surface area contributed by atoms with Crippen molar-refractivity contribution in [2.75, 3.05) is 6.61 Å². The minimum atomic E-state index is -0.412. The third-order valence-electron chi connectivity index (χ3n) is 2.88. The molecule has 0 atom stereocenters. The first-order valence-electron chi connectivity index (χ1n) is 6.65. The molecule has 0 fully saturated rings. The monoisotopic (exact) mass is 396 g/mol. The lowest BCUT2D eigenvalue weighted by Gasteiger charge is -2.08. The molecule has 1 amide bonds. The van der Waals surface area contributed by atoms with Crippen molar-refractivity contribution in [2.24, 2.45) is 5.10 Å². The number of benzene rings is 2. The van der Waals surface area contributed by atoms with Crippen LogP contribution >= 0.6 is 27.5 Å². The van der Waals surface area contributed by atoms with E-state index >= 15 is 0 Å². The van der Waals surface area contributed by atoms with Crippen molar-refractivity contribution in [3.63, 3.8) is 0 Å². The summed E-state index contributed by atoms with van der Waals surface area (Å²) < 4.78 is 6.19. The number of aromatic hydroxyl groups is 1. The van der Waals surface area contributed by atoms with Crippen LogP contribution < -0.4 is 10.2 Å². The smallest absolute Gasteiger partial charge is 0.277 e. The molecule has 0 heterocycles. The second-order valence-corrected chi connectivity index (χ2v) is 6.05. The number of nitrogens with zero attached hydrogens (tertiary/aromatic N) is 1. The van der Waals surface area contributed by atoms with Gasteiger partial charge in [0.1, 0.15) is 11.5 Å². The highest BCUT2D eigenvalue weighted by Crippen LogP contribution is 2.22. The first kappa shape index (κ1) is 17.3. The summed E-state index contributed by atoms with van der Waals surface area (Å²) >= 11 is 9.14. The molecular weight excluding hydrogens is 384 g/mol. The zero-order chi connectivity index (χ0) is 16.8. The van der Waals surface area contributed by atoms with Crippen LogP contribution in [0.3, 0.4) is 0 Å². The molecule has 23 heavy (non-hydrogen) atoms. The molecule has 0 aliphatic heterocycles. The number of hydrogen-bond donors (Lipinski definition) is 2. The Kier molecular flexibility index (Phi) is 6.01. The maximum Gasteiger partial charge on any atom is 0.277 e. The predicted octanol–water partition coefficient (Wildman–Crippen LogP) is 3.65. The van der Waals surface area contributed by atoms with Gasteiger partial charge in [0.15, 0.2) is 6.61 Å². The molecule has 0 aromatic heterocycles. The Balaban J connectivity index is 1.87. The van der Waals surface area contributed by atoms with Gasteiger partial charge in [-0.15, -0.1) is 0 Å². The zero-order valence-corrected chi connectivity index (χ0v) is 14.6. The second kappa shape index (κ2) is 7.99. The zero-order valence-electron chi connectivity index (χ0n) is 12.2. The van der Waals surface area contributed by atoms with E-state index in [-0.39, 0.29) is 12.4 Å². The van der Waals surface area contributed by atoms with Crippen LogP contribution in [0.4, 0.5) is 0 Å². The highest BCUT2D eigenvalue weighted by molar-refractivity contribution is 9.10. The van der Waals surface area contributed by atoms with Crippen LogP contribution in [-0.4, -0.2) is 23.8 Å². The van der Waals surface area contributed by atoms with Gasteiger partial charge in [-0.3, -0.25) is 4.79 Å². The number of phenolic OH excluding ortho intramolecular Hbond substituents is 1. The van der Waals surface area contributed by atoms with E-state index in [1.54, 1.807) is 30.3 Å². The lowest BCUT2D eigenvalue weighted by atomic mass is 10.2. The fraction of sp³-hybridized carbons (Fsp3) is 0.125. The molecule has 0 aliphatic carbocycles. The summed E-state index contributed by atoms with van der Waals surface area (Å²) in [6, 6.07) is 10.1. The highest BCUT2D eigenvalue weighted by atomic mass is 79.9. The fourth-order valence-electron chi connectivity index (χ4n) is 1.75. The minimum absolute atomic E-state index is 0.0687. The normalized spacial score (nSPS) is 10.7. The average molecular weight is 398 g/mol. The lowest BCUT2D eigenvalue weighted by Crippen LogP contribution is -2.24. The van der Waals surface area contributed by atoms with Gasteiger partial charge in [0.25, 0.3) is 5.91 Å². The molecule has 2 N–H and O–H groups in total. The Bertz CT molecular complexity index is 750. The number of aryl methyl sites for hydroxylation is 1. The molecule has 0 saturated carbocycles. The third kappa shape index (κ3) is 5.26. The number of rotatable bonds is 5. The second-order valence-electron chi connectivity index (χ2n) is 4.69. The Hall–Kier alpha value is -2.05. The predicted molar refractivity (Wildman–Crippen MR) is 93.2 cm³/mol. The first-order chi connectivity index (χ1) is 11.0. The van der Waals surface area contributed by atoms with Gasteiger partial charge in [-0.25, -0.2) is 5.43 Å². The molecule has 2 aromatic carbocycles. The van der Waals surface area contributed by atoms with Crippen molar-refractivity contribution in [3.05, 3.63) is 57.0 Å².